The van der Waals surface area contributed by atoms with Crippen LogP contribution < -0.4 is 0 Å². The standard InChI is InChI=1S/C15H15Br2N3OS/c1-19-4-6-20(7-5-19)15-18-14(21)13(22-15)9-10-2-3-11(16)12(17)8-10/h2-3,8-9H,4-7H2,1H3/b13-9-. The van der Waals surface area contributed by atoms with Crippen LogP contribution in [0.3, 0.4) is 0 Å². The van der Waals surface area contributed by atoms with Crippen LogP contribution in [0.5, 0.6) is 0 Å². The number of likely N-dealkylation sites (N-methyl/N-ethyl adjacent to an activating group) is 1. The van der Waals surface area contributed by atoms with Gasteiger partial charge in [-0.3, -0.25) is 4.79 Å². The van der Waals surface area contributed by atoms with Crippen molar-refractivity contribution in [1.29, 1.82) is 0 Å². The smallest absolute Gasteiger partial charge is 0.286 e. The Morgan fingerprint density at radius 3 is 2.59 bits per heavy atom. The molecule has 0 radical (unpaired) electrons. The van der Waals surface area contributed by atoms with E-state index >= 15 is 0 Å². The third-order valence-electron chi connectivity index (χ3n) is 3.62. The molecule has 4 nitrogen and oxygen atoms in total. The molecule has 0 N–H and O–H groups in total. The molecule has 0 spiro atoms. The Labute approximate surface area is 150 Å². The van der Waals surface area contributed by atoms with Gasteiger partial charge >= 0.3 is 0 Å². The quantitative estimate of drug-likeness (QED) is 0.621. The van der Waals surface area contributed by atoms with Gasteiger partial charge in [0.1, 0.15) is 0 Å². The van der Waals surface area contributed by atoms with Crippen molar-refractivity contribution < 1.29 is 4.79 Å². The van der Waals surface area contributed by atoms with Crippen LogP contribution in [0.1, 0.15) is 5.56 Å². The number of piperazine rings is 1. The molecule has 22 heavy (non-hydrogen) atoms. The average molecular weight is 445 g/mol. The van der Waals surface area contributed by atoms with Crippen LogP contribution in [0.4, 0.5) is 0 Å². The molecule has 0 aliphatic carbocycles. The first kappa shape index (κ1) is 16.2. The van der Waals surface area contributed by atoms with Crippen LogP contribution in [0, 0.1) is 0 Å². The number of aliphatic imine (C=N–C) groups is 1. The lowest BCUT2D eigenvalue weighted by molar-refractivity contribution is -0.113. The van der Waals surface area contributed by atoms with Crippen molar-refractivity contribution in [3.05, 3.63) is 37.6 Å². The Kier molecular flexibility index (Phi) is 5.07. The van der Waals surface area contributed by atoms with Crippen LogP contribution in [0.2, 0.25) is 0 Å². The summed E-state index contributed by atoms with van der Waals surface area (Å²) in [6.07, 6.45) is 1.90. The second kappa shape index (κ2) is 6.86. The number of thioether (sulfide) groups is 1. The molecule has 2 aliphatic rings. The maximum atomic E-state index is 12.1. The molecule has 1 saturated heterocycles. The van der Waals surface area contributed by atoms with E-state index in [4.69, 9.17) is 0 Å². The highest BCUT2D eigenvalue weighted by atomic mass is 79.9. The summed E-state index contributed by atoms with van der Waals surface area (Å²) in [5.74, 6) is -0.141. The number of benzene rings is 1. The number of hydrogen-bond donors (Lipinski definition) is 0. The van der Waals surface area contributed by atoms with Crippen LogP contribution >= 0.6 is 43.6 Å². The van der Waals surface area contributed by atoms with Crippen LogP contribution in [0.25, 0.3) is 6.08 Å². The summed E-state index contributed by atoms with van der Waals surface area (Å²) in [5.41, 5.74) is 0.987. The molecule has 3 rings (SSSR count). The number of halogens is 2. The minimum Gasteiger partial charge on any atom is -0.348 e. The van der Waals surface area contributed by atoms with E-state index in [1.807, 2.05) is 24.3 Å². The minimum atomic E-state index is -0.141. The van der Waals surface area contributed by atoms with Gasteiger partial charge in [0.05, 0.1) is 4.91 Å². The number of amidine groups is 1. The highest BCUT2D eigenvalue weighted by Crippen LogP contribution is 2.32. The second-order valence-electron chi connectivity index (χ2n) is 5.27. The topological polar surface area (TPSA) is 35.9 Å². The van der Waals surface area contributed by atoms with Gasteiger partial charge in [0.25, 0.3) is 5.91 Å². The first-order chi connectivity index (χ1) is 10.5. The van der Waals surface area contributed by atoms with Crippen molar-refractivity contribution in [3.63, 3.8) is 0 Å². The summed E-state index contributed by atoms with van der Waals surface area (Å²) >= 11 is 8.40. The summed E-state index contributed by atoms with van der Waals surface area (Å²) in [6, 6.07) is 5.92. The van der Waals surface area contributed by atoms with E-state index in [0.717, 1.165) is 45.9 Å². The van der Waals surface area contributed by atoms with Crippen LogP contribution in [-0.2, 0) is 4.79 Å². The zero-order chi connectivity index (χ0) is 15.7. The van der Waals surface area contributed by atoms with Gasteiger partial charge in [0.2, 0.25) is 0 Å². The fourth-order valence-corrected chi connectivity index (χ4v) is 3.89. The summed E-state index contributed by atoms with van der Waals surface area (Å²) in [7, 11) is 2.11. The van der Waals surface area contributed by atoms with Gasteiger partial charge in [-0.25, -0.2) is 0 Å². The van der Waals surface area contributed by atoms with E-state index in [9.17, 15) is 4.79 Å². The van der Waals surface area contributed by atoms with Crippen molar-refractivity contribution >= 4 is 60.8 Å². The third-order valence-corrected chi connectivity index (χ3v) is 6.55. The van der Waals surface area contributed by atoms with E-state index < -0.39 is 0 Å². The van der Waals surface area contributed by atoms with Gasteiger partial charge in [-0.1, -0.05) is 6.07 Å². The number of rotatable bonds is 1. The Morgan fingerprint density at radius 1 is 1.18 bits per heavy atom. The Balaban J connectivity index is 1.74. The molecule has 2 heterocycles. The zero-order valence-electron chi connectivity index (χ0n) is 12.1. The minimum absolute atomic E-state index is 0.141. The lowest BCUT2D eigenvalue weighted by Gasteiger charge is -2.32. The van der Waals surface area contributed by atoms with Crippen molar-refractivity contribution in [2.75, 3.05) is 33.2 Å². The molecule has 0 atom stereocenters. The van der Waals surface area contributed by atoms with Crippen molar-refractivity contribution in [1.82, 2.24) is 9.80 Å². The van der Waals surface area contributed by atoms with Gasteiger partial charge in [0.15, 0.2) is 5.17 Å². The first-order valence-electron chi connectivity index (χ1n) is 6.94. The van der Waals surface area contributed by atoms with Crippen molar-refractivity contribution in [2.24, 2.45) is 4.99 Å². The predicted molar refractivity (Wildman–Crippen MR) is 98.9 cm³/mol. The van der Waals surface area contributed by atoms with Crippen LogP contribution in [-0.4, -0.2) is 54.1 Å². The summed E-state index contributed by atoms with van der Waals surface area (Å²) in [4.78, 5) is 21.5. The molecule has 0 aromatic heterocycles. The number of carbonyl (C=O) groups excluding carboxylic acids is 1. The summed E-state index contributed by atoms with van der Waals surface area (Å²) in [6.45, 7) is 3.86. The molecule has 1 aromatic carbocycles. The number of carbonyl (C=O) groups is 1. The van der Waals surface area contributed by atoms with Crippen LogP contribution in [0.15, 0.2) is 37.0 Å². The monoisotopic (exact) mass is 443 g/mol. The second-order valence-corrected chi connectivity index (χ2v) is 7.99. The Hall–Kier alpha value is -0.630. The molecule has 0 saturated carbocycles. The SMILES string of the molecule is CN1CCN(C2=NC(=O)/C(=C/c3ccc(Br)c(Br)c3)S2)CC1. The molecule has 2 aliphatic heterocycles. The predicted octanol–water partition coefficient (Wildman–Crippen LogP) is 3.43. The molecular weight excluding hydrogens is 430 g/mol. The van der Waals surface area contributed by atoms with E-state index in [1.54, 1.807) is 0 Å². The van der Waals surface area contributed by atoms with Gasteiger partial charge in [-0.15, -0.1) is 0 Å². The average Bonchev–Trinajstić information content (AvgIpc) is 2.85. The fourth-order valence-electron chi connectivity index (χ4n) is 2.28. The lowest BCUT2D eigenvalue weighted by Crippen LogP contribution is -2.46. The number of hydrogen-bond acceptors (Lipinski definition) is 4. The number of nitrogens with zero attached hydrogens (tertiary/aromatic N) is 3. The molecule has 0 unspecified atom stereocenters. The van der Waals surface area contributed by atoms with Gasteiger partial charge in [0, 0.05) is 35.1 Å². The third kappa shape index (κ3) is 3.64. The molecule has 116 valence electrons. The van der Waals surface area contributed by atoms with Gasteiger partial charge in [-0.05, 0) is 74.4 Å². The van der Waals surface area contributed by atoms with Gasteiger partial charge in [-0.2, -0.15) is 4.99 Å². The molecule has 1 fully saturated rings. The zero-order valence-corrected chi connectivity index (χ0v) is 16.0. The van der Waals surface area contributed by atoms with E-state index in [2.05, 4.69) is 53.7 Å². The fraction of sp³-hybridized carbons (Fsp3) is 0.333. The van der Waals surface area contributed by atoms with E-state index in [1.165, 1.54) is 11.8 Å². The van der Waals surface area contributed by atoms with E-state index in [-0.39, 0.29) is 5.91 Å². The van der Waals surface area contributed by atoms with Crippen molar-refractivity contribution in [3.8, 4) is 0 Å². The lowest BCUT2D eigenvalue weighted by atomic mass is 10.2. The largest absolute Gasteiger partial charge is 0.348 e. The first-order valence-corrected chi connectivity index (χ1v) is 9.34. The molecule has 1 amide bonds. The highest BCUT2D eigenvalue weighted by molar-refractivity contribution is 9.13. The Bertz CT molecular complexity index is 667. The summed E-state index contributed by atoms with van der Waals surface area (Å²) < 4.78 is 1.96. The molecule has 0 bridgehead atoms. The normalized spacial score (nSPS) is 21.6. The number of amides is 1. The molecule has 1 aromatic rings. The molecular formula is C15H15Br2N3OS. The maximum Gasteiger partial charge on any atom is 0.286 e. The molecule has 7 heteroatoms. The maximum absolute atomic E-state index is 12.1. The highest BCUT2D eigenvalue weighted by Gasteiger charge is 2.27. The van der Waals surface area contributed by atoms with E-state index in [0.29, 0.717) is 4.91 Å². The van der Waals surface area contributed by atoms with Gasteiger partial charge < -0.3 is 9.80 Å². The summed E-state index contributed by atoms with van der Waals surface area (Å²) in [5, 5.41) is 0.834. The Morgan fingerprint density at radius 2 is 1.91 bits per heavy atom. The van der Waals surface area contributed by atoms with Crippen molar-refractivity contribution in [2.45, 2.75) is 0 Å².